The first kappa shape index (κ1) is 16.0. The summed E-state index contributed by atoms with van der Waals surface area (Å²) in [5.74, 6) is -2.34. The summed E-state index contributed by atoms with van der Waals surface area (Å²) in [5, 5.41) is 20.3. The Kier molecular flexibility index (Phi) is 3.37. The molecule has 3 rings (SSSR count). The Balaban J connectivity index is 2.30. The van der Waals surface area contributed by atoms with Crippen molar-refractivity contribution < 1.29 is 9.47 Å². The van der Waals surface area contributed by atoms with Crippen molar-refractivity contribution in [3.8, 4) is 12.1 Å². The van der Waals surface area contributed by atoms with E-state index in [-0.39, 0.29) is 10.9 Å². The van der Waals surface area contributed by atoms with Gasteiger partial charge in [-0.25, -0.2) is 4.99 Å². The first-order valence-electron chi connectivity index (χ1n) is 6.65. The summed E-state index contributed by atoms with van der Waals surface area (Å²) in [6, 6.07) is 9.32. The van der Waals surface area contributed by atoms with E-state index in [2.05, 4.69) is 17.1 Å². The average molecular weight is 351 g/mol. The largest absolute Gasteiger partial charge is 0.386 e. The molecule has 1 aromatic carbocycles. The van der Waals surface area contributed by atoms with Gasteiger partial charge in [0.2, 0.25) is 0 Å². The molecule has 0 radical (unpaired) electrons. The van der Waals surface area contributed by atoms with E-state index in [0.29, 0.717) is 10.6 Å². The third-order valence-electron chi connectivity index (χ3n) is 4.77. The highest BCUT2D eigenvalue weighted by Crippen LogP contribution is 2.82. The third-order valence-corrected chi connectivity index (χ3v) is 5.61. The van der Waals surface area contributed by atoms with Crippen LogP contribution in [-0.2, 0) is 9.47 Å². The Bertz CT molecular complexity index is 809. The van der Waals surface area contributed by atoms with Crippen molar-refractivity contribution in [3.63, 3.8) is 0 Å². The summed E-state index contributed by atoms with van der Waals surface area (Å²) in [5.41, 5.74) is 3.74. The number of hydrogen-bond donors (Lipinski definition) is 1. The maximum atomic E-state index is 9.90. The normalized spacial score (nSPS) is 33.3. The molecule has 1 aliphatic carbocycles. The Morgan fingerprint density at radius 2 is 1.87 bits per heavy atom. The van der Waals surface area contributed by atoms with Gasteiger partial charge in [0.15, 0.2) is 5.41 Å². The number of hydrogen-bond acceptors (Lipinski definition) is 6. The van der Waals surface area contributed by atoms with Gasteiger partial charge < -0.3 is 15.2 Å². The van der Waals surface area contributed by atoms with E-state index in [1.807, 2.05) is 0 Å². The van der Waals surface area contributed by atoms with E-state index in [9.17, 15) is 10.5 Å². The molecule has 0 spiro atoms. The molecule has 6 nitrogen and oxygen atoms in total. The highest BCUT2D eigenvalue weighted by Gasteiger charge is 2.93. The number of benzene rings is 1. The lowest BCUT2D eigenvalue weighted by atomic mass is 9.93. The molecule has 0 bridgehead atoms. The summed E-state index contributed by atoms with van der Waals surface area (Å²) < 4.78 is 10.8. The number of methoxy groups -OCH3 is 2. The van der Waals surface area contributed by atoms with Crippen LogP contribution < -0.4 is 5.73 Å². The van der Waals surface area contributed by atoms with E-state index in [1.165, 1.54) is 14.2 Å². The second-order valence-electron chi connectivity index (χ2n) is 5.40. The van der Waals surface area contributed by atoms with Gasteiger partial charge in [-0.2, -0.15) is 10.5 Å². The molecular weight excluding hydrogens is 339 g/mol. The summed E-state index contributed by atoms with van der Waals surface area (Å²) >= 11 is 12.4. The molecule has 118 valence electrons. The van der Waals surface area contributed by atoms with E-state index in [4.69, 9.17) is 38.4 Å². The maximum absolute atomic E-state index is 9.90. The zero-order valence-electron chi connectivity index (χ0n) is 12.3. The Morgan fingerprint density at radius 3 is 2.39 bits per heavy atom. The molecule has 2 aliphatic rings. The quantitative estimate of drug-likeness (QED) is 0.842. The minimum Gasteiger partial charge on any atom is -0.386 e. The van der Waals surface area contributed by atoms with Crippen LogP contribution in [0.4, 0.5) is 0 Å². The molecule has 2 N–H and O–H groups in total. The van der Waals surface area contributed by atoms with Crippen LogP contribution in [0.1, 0.15) is 11.5 Å². The van der Waals surface area contributed by atoms with Crippen molar-refractivity contribution in [2.45, 2.75) is 11.8 Å². The summed E-state index contributed by atoms with van der Waals surface area (Å²) in [7, 11) is 2.70. The molecular formula is C15H12Cl2N4O2. The number of rotatable bonds is 3. The molecule has 1 aliphatic heterocycles. The number of halogens is 2. The molecule has 0 amide bonds. The van der Waals surface area contributed by atoms with Gasteiger partial charge >= 0.3 is 0 Å². The number of nitrogens with zero attached hydrogens (tertiary/aromatic N) is 3. The van der Waals surface area contributed by atoms with Gasteiger partial charge in [0.1, 0.15) is 11.3 Å². The number of nitriles is 2. The van der Waals surface area contributed by atoms with Crippen LogP contribution in [-0.4, -0.2) is 26.0 Å². The maximum Gasteiger partial charge on any atom is 0.292 e. The smallest absolute Gasteiger partial charge is 0.292 e. The average Bonchev–Trinajstić information content (AvgIpc) is 3.12. The molecule has 0 unspecified atom stereocenters. The number of aliphatic imine (C=N–C) groups is 1. The van der Waals surface area contributed by atoms with E-state index >= 15 is 0 Å². The fourth-order valence-corrected chi connectivity index (χ4v) is 4.15. The standard InChI is InChI=1S/C15H12Cl2N4O2/c1-22-15(23-2)14(7-19)11(13(14,6-18)12(20)21-15)8-4-3-5-9(16)10(8)17/h3-5,11H,1-2H3,(H2,20,21)/t11-,13-,14+/m0/s1. The lowest BCUT2D eigenvalue weighted by Gasteiger charge is -2.29. The van der Waals surface area contributed by atoms with Crippen molar-refractivity contribution in [3.05, 3.63) is 33.8 Å². The number of ether oxygens (including phenoxy) is 2. The molecule has 1 fully saturated rings. The molecule has 0 saturated heterocycles. The van der Waals surface area contributed by atoms with Crippen LogP contribution in [0.25, 0.3) is 0 Å². The van der Waals surface area contributed by atoms with Gasteiger partial charge in [0, 0.05) is 20.1 Å². The number of amidine groups is 1. The van der Waals surface area contributed by atoms with Crippen molar-refractivity contribution in [2.75, 3.05) is 14.2 Å². The van der Waals surface area contributed by atoms with Crippen molar-refractivity contribution >= 4 is 29.0 Å². The monoisotopic (exact) mass is 350 g/mol. The topological polar surface area (TPSA) is 104 Å². The minimum absolute atomic E-state index is 0.00806. The molecule has 1 aromatic rings. The first-order chi connectivity index (χ1) is 10.9. The minimum atomic E-state index is -1.67. The van der Waals surface area contributed by atoms with Crippen LogP contribution >= 0.6 is 23.2 Å². The van der Waals surface area contributed by atoms with E-state index < -0.39 is 22.7 Å². The molecule has 1 saturated carbocycles. The first-order valence-corrected chi connectivity index (χ1v) is 7.40. The van der Waals surface area contributed by atoms with E-state index in [1.54, 1.807) is 18.2 Å². The highest BCUT2D eigenvalue weighted by atomic mass is 35.5. The lowest BCUT2D eigenvalue weighted by Crippen LogP contribution is -2.41. The molecule has 0 aromatic heterocycles. The van der Waals surface area contributed by atoms with Crippen molar-refractivity contribution in [1.29, 1.82) is 10.5 Å². The summed E-state index contributed by atoms with van der Waals surface area (Å²) in [4.78, 5) is 4.13. The summed E-state index contributed by atoms with van der Waals surface area (Å²) in [6.07, 6.45) is 0. The highest BCUT2D eigenvalue weighted by molar-refractivity contribution is 6.42. The third kappa shape index (κ3) is 1.48. The second kappa shape index (κ2) is 4.83. The van der Waals surface area contributed by atoms with Gasteiger partial charge in [-0.3, -0.25) is 0 Å². The van der Waals surface area contributed by atoms with Crippen LogP contribution in [0.15, 0.2) is 23.2 Å². The Morgan fingerprint density at radius 1 is 1.22 bits per heavy atom. The van der Waals surface area contributed by atoms with Gasteiger partial charge in [-0.1, -0.05) is 35.3 Å². The number of nitrogens with two attached hydrogens (primary N) is 1. The number of fused-ring (bicyclic) bond motifs is 1. The van der Waals surface area contributed by atoms with Crippen molar-refractivity contribution in [1.82, 2.24) is 0 Å². The lowest BCUT2D eigenvalue weighted by molar-refractivity contribution is -0.230. The van der Waals surface area contributed by atoms with Gasteiger partial charge in [-0.15, -0.1) is 0 Å². The van der Waals surface area contributed by atoms with Crippen molar-refractivity contribution in [2.24, 2.45) is 21.6 Å². The van der Waals surface area contributed by atoms with Gasteiger partial charge in [0.05, 0.1) is 22.2 Å². The zero-order valence-corrected chi connectivity index (χ0v) is 13.8. The fourth-order valence-electron chi connectivity index (χ4n) is 3.73. The Hall–Kier alpha value is -1.83. The van der Waals surface area contributed by atoms with E-state index in [0.717, 1.165) is 0 Å². The second-order valence-corrected chi connectivity index (χ2v) is 6.19. The fraction of sp³-hybridized carbons (Fsp3) is 0.400. The van der Waals surface area contributed by atoms with Gasteiger partial charge in [-0.05, 0) is 11.6 Å². The van der Waals surface area contributed by atoms with Gasteiger partial charge in [0.25, 0.3) is 5.91 Å². The predicted octanol–water partition coefficient (Wildman–Crippen LogP) is 2.43. The molecule has 8 heteroatoms. The summed E-state index contributed by atoms with van der Waals surface area (Å²) in [6.45, 7) is 0. The zero-order chi connectivity index (χ0) is 17.0. The molecule has 1 heterocycles. The van der Waals surface area contributed by atoms with Crippen LogP contribution in [0, 0.1) is 33.5 Å². The SMILES string of the molecule is COC1(OC)N=C(N)[C@]2(C#N)[C@H](c3cccc(Cl)c3Cl)[C@@]12C#N. The van der Waals surface area contributed by atoms with Crippen LogP contribution in [0.2, 0.25) is 10.0 Å². The van der Waals surface area contributed by atoms with Crippen LogP contribution in [0.3, 0.4) is 0 Å². The molecule has 3 atom stereocenters. The Labute approximate surface area is 143 Å². The molecule has 23 heavy (non-hydrogen) atoms. The van der Waals surface area contributed by atoms with Crippen LogP contribution in [0.5, 0.6) is 0 Å². The predicted molar refractivity (Wildman–Crippen MR) is 83.7 cm³/mol.